The normalized spacial score (nSPS) is 12.5. The van der Waals surface area contributed by atoms with Gasteiger partial charge in [-0.3, -0.25) is 4.98 Å². The van der Waals surface area contributed by atoms with Gasteiger partial charge >= 0.3 is 0 Å². The van der Waals surface area contributed by atoms with Gasteiger partial charge in [0.1, 0.15) is 5.75 Å². The summed E-state index contributed by atoms with van der Waals surface area (Å²) in [6.45, 7) is 3.97. The van der Waals surface area contributed by atoms with E-state index in [-0.39, 0.29) is 12.1 Å². The lowest BCUT2D eigenvalue weighted by Gasteiger charge is -2.16. The number of halogens is 2. The van der Waals surface area contributed by atoms with E-state index in [1.165, 1.54) is 0 Å². The first-order valence-corrected chi connectivity index (χ1v) is 7.88. The van der Waals surface area contributed by atoms with Crippen LogP contribution in [0, 0.1) is 0 Å². The zero-order chi connectivity index (χ0) is 14.7. The molecule has 1 heterocycles. The number of rotatable bonds is 4. The number of nitrogens with zero attached hydrogens (tertiary/aromatic N) is 1. The Kier molecular flexibility index (Phi) is 5.18. The summed E-state index contributed by atoms with van der Waals surface area (Å²) in [6, 6.07) is 7.62. The Morgan fingerprint density at radius 2 is 1.90 bits per heavy atom. The quantitative estimate of drug-likeness (QED) is 0.826. The molecule has 3 nitrogen and oxygen atoms in total. The van der Waals surface area contributed by atoms with Gasteiger partial charge in [0.25, 0.3) is 0 Å². The maximum atomic E-state index is 6.34. The molecule has 1 atom stereocenters. The van der Waals surface area contributed by atoms with Crippen LogP contribution in [0.3, 0.4) is 0 Å². The summed E-state index contributed by atoms with van der Waals surface area (Å²) in [5.74, 6) is 0.735. The SMILES string of the molecule is CC(C)Oc1cncc(C(N)c2cc(Br)ccc2Br)c1. The Bertz CT molecular complexity index is 602. The van der Waals surface area contributed by atoms with Crippen molar-refractivity contribution in [3.63, 3.8) is 0 Å². The van der Waals surface area contributed by atoms with E-state index in [2.05, 4.69) is 36.8 Å². The molecule has 2 rings (SSSR count). The van der Waals surface area contributed by atoms with Crippen molar-refractivity contribution in [2.75, 3.05) is 0 Å². The van der Waals surface area contributed by atoms with E-state index in [1.54, 1.807) is 12.4 Å². The van der Waals surface area contributed by atoms with Gasteiger partial charge in [-0.25, -0.2) is 0 Å². The van der Waals surface area contributed by atoms with Gasteiger partial charge in [-0.05, 0) is 49.2 Å². The molecule has 0 radical (unpaired) electrons. The number of nitrogens with two attached hydrogens (primary N) is 1. The third-order valence-electron chi connectivity index (χ3n) is 2.76. The molecule has 106 valence electrons. The molecule has 0 bridgehead atoms. The smallest absolute Gasteiger partial charge is 0.138 e. The van der Waals surface area contributed by atoms with Gasteiger partial charge in [0.15, 0.2) is 0 Å². The second-order valence-electron chi connectivity index (χ2n) is 4.76. The first-order chi connectivity index (χ1) is 9.47. The predicted octanol–water partition coefficient (Wildman–Crippen LogP) is 4.44. The molecule has 0 spiro atoms. The largest absolute Gasteiger partial charge is 0.489 e. The van der Waals surface area contributed by atoms with E-state index >= 15 is 0 Å². The zero-order valence-electron chi connectivity index (χ0n) is 11.3. The molecule has 0 aliphatic heterocycles. The molecule has 1 aromatic heterocycles. The van der Waals surface area contributed by atoms with E-state index < -0.39 is 0 Å². The van der Waals surface area contributed by atoms with Gasteiger partial charge in [0.2, 0.25) is 0 Å². The van der Waals surface area contributed by atoms with Gasteiger partial charge in [-0.1, -0.05) is 31.9 Å². The molecule has 2 aromatic rings. The van der Waals surface area contributed by atoms with Crippen LogP contribution >= 0.6 is 31.9 Å². The van der Waals surface area contributed by atoms with Crippen LogP contribution < -0.4 is 10.5 Å². The van der Waals surface area contributed by atoms with E-state index in [4.69, 9.17) is 10.5 Å². The van der Waals surface area contributed by atoms with Gasteiger partial charge in [-0.15, -0.1) is 0 Å². The Balaban J connectivity index is 2.33. The van der Waals surface area contributed by atoms with Crippen molar-refractivity contribution in [3.8, 4) is 5.75 Å². The lowest BCUT2D eigenvalue weighted by Crippen LogP contribution is -2.14. The summed E-state index contributed by atoms with van der Waals surface area (Å²) in [6.07, 6.45) is 3.58. The number of benzene rings is 1. The van der Waals surface area contributed by atoms with Crippen molar-refractivity contribution >= 4 is 31.9 Å². The van der Waals surface area contributed by atoms with E-state index in [0.29, 0.717) is 0 Å². The van der Waals surface area contributed by atoms with Crippen LogP contribution in [0.1, 0.15) is 31.0 Å². The lowest BCUT2D eigenvalue weighted by molar-refractivity contribution is 0.241. The predicted molar refractivity (Wildman–Crippen MR) is 87.9 cm³/mol. The zero-order valence-corrected chi connectivity index (χ0v) is 14.5. The minimum Gasteiger partial charge on any atom is -0.489 e. The van der Waals surface area contributed by atoms with Crippen LogP contribution in [0.4, 0.5) is 0 Å². The van der Waals surface area contributed by atoms with Crippen molar-refractivity contribution in [3.05, 3.63) is 56.7 Å². The molecule has 20 heavy (non-hydrogen) atoms. The van der Waals surface area contributed by atoms with Crippen molar-refractivity contribution in [2.45, 2.75) is 26.0 Å². The third kappa shape index (κ3) is 3.81. The highest BCUT2D eigenvalue weighted by molar-refractivity contribution is 9.11. The van der Waals surface area contributed by atoms with Crippen molar-refractivity contribution < 1.29 is 4.74 Å². The fourth-order valence-electron chi connectivity index (χ4n) is 1.87. The second-order valence-corrected chi connectivity index (χ2v) is 6.53. The van der Waals surface area contributed by atoms with Crippen LogP contribution in [-0.4, -0.2) is 11.1 Å². The highest BCUT2D eigenvalue weighted by atomic mass is 79.9. The molecule has 1 aromatic carbocycles. The average molecular weight is 400 g/mol. The second kappa shape index (κ2) is 6.70. The minimum atomic E-state index is -0.259. The first kappa shape index (κ1) is 15.5. The molecule has 0 fully saturated rings. The molecular formula is C15H16Br2N2O. The highest BCUT2D eigenvalue weighted by Crippen LogP contribution is 2.30. The molecule has 0 aliphatic rings. The van der Waals surface area contributed by atoms with Crippen LogP contribution in [0.15, 0.2) is 45.6 Å². The lowest BCUT2D eigenvalue weighted by atomic mass is 10.0. The molecule has 0 amide bonds. The summed E-state index contributed by atoms with van der Waals surface area (Å²) < 4.78 is 7.63. The van der Waals surface area contributed by atoms with Crippen LogP contribution in [-0.2, 0) is 0 Å². The highest BCUT2D eigenvalue weighted by Gasteiger charge is 2.14. The fraction of sp³-hybridized carbons (Fsp3) is 0.267. The summed E-state index contributed by atoms with van der Waals surface area (Å²) in [5, 5.41) is 0. The number of ether oxygens (including phenoxy) is 1. The van der Waals surface area contributed by atoms with Gasteiger partial charge in [0, 0.05) is 15.1 Å². The molecule has 5 heteroatoms. The number of pyridine rings is 1. The van der Waals surface area contributed by atoms with Gasteiger partial charge in [-0.2, -0.15) is 0 Å². The summed E-state index contributed by atoms with van der Waals surface area (Å²) in [5.41, 5.74) is 8.26. The Hall–Kier alpha value is -0.910. The summed E-state index contributed by atoms with van der Waals surface area (Å²) in [7, 11) is 0. The van der Waals surface area contributed by atoms with E-state index in [1.807, 2.05) is 38.1 Å². The Morgan fingerprint density at radius 1 is 1.15 bits per heavy atom. The fourth-order valence-corrected chi connectivity index (χ4v) is 2.75. The standard InChI is InChI=1S/C15H16Br2N2O/c1-9(2)20-12-5-10(7-19-8-12)15(18)13-6-11(16)3-4-14(13)17/h3-9,15H,18H2,1-2H3. The Morgan fingerprint density at radius 3 is 2.60 bits per heavy atom. The first-order valence-electron chi connectivity index (χ1n) is 6.29. The summed E-state index contributed by atoms with van der Waals surface area (Å²) >= 11 is 7.00. The molecule has 0 saturated heterocycles. The molecule has 1 unspecified atom stereocenters. The summed E-state index contributed by atoms with van der Waals surface area (Å²) in [4.78, 5) is 4.20. The molecule has 0 aliphatic carbocycles. The Labute approximate surface area is 135 Å². The van der Waals surface area contributed by atoms with Gasteiger partial charge in [0.05, 0.1) is 18.3 Å². The van der Waals surface area contributed by atoms with Crippen LogP contribution in [0.25, 0.3) is 0 Å². The van der Waals surface area contributed by atoms with Crippen molar-refractivity contribution in [2.24, 2.45) is 5.73 Å². The van der Waals surface area contributed by atoms with Crippen molar-refractivity contribution in [1.82, 2.24) is 4.98 Å². The van der Waals surface area contributed by atoms with Crippen LogP contribution in [0.2, 0.25) is 0 Å². The molecule has 2 N–H and O–H groups in total. The third-order valence-corrected chi connectivity index (χ3v) is 3.97. The topological polar surface area (TPSA) is 48.1 Å². The van der Waals surface area contributed by atoms with E-state index in [0.717, 1.165) is 25.8 Å². The monoisotopic (exact) mass is 398 g/mol. The average Bonchev–Trinajstić information content (AvgIpc) is 2.40. The maximum absolute atomic E-state index is 6.34. The van der Waals surface area contributed by atoms with Crippen LogP contribution in [0.5, 0.6) is 5.75 Å². The molecule has 0 saturated carbocycles. The minimum absolute atomic E-state index is 0.112. The molecular weight excluding hydrogens is 384 g/mol. The number of hydrogen-bond donors (Lipinski definition) is 1. The maximum Gasteiger partial charge on any atom is 0.138 e. The van der Waals surface area contributed by atoms with Crippen molar-refractivity contribution in [1.29, 1.82) is 0 Å². The van der Waals surface area contributed by atoms with Gasteiger partial charge < -0.3 is 10.5 Å². The number of hydrogen-bond acceptors (Lipinski definition) is 3. The number of aromatic nitrogens is 1. The van der Waals surface area contributed by atoms with E-state index in [9.17, 15) is 0 Å².